The van der Waals surface area contributed by atoms with Crippen LogP contribution in [0, 0.1) is 6.92 Å². The van der Waals surface area contributed by atoms with E-state index in [2.05, 4.69) is 31.9 Å². The Kier molecular flexibility index (Phi) is 5.44. The molecule has 0 saturated carbocycles. The molecular weight excluding hydrogens is 412 g/mol. The van der Waals surface area contributed by atoms with Gasteiger partial charge in [-0.1, -0.05) is 0 Å². The molecule has 8 nitrogen and oxygen atoms in total. The highest BCUT2D eigenvalue weighted by molar-refractivity contribution is 9.10. The standard InChI is InChI=1S/C6H7BrN2O2.C5H5BrN2O2/c1-3-2-9(8)5(4(3)7)6(10)11;6-3-1-2-8(7)4(3)5(9)10/h2H,8H2,1H3,(H,10,11);1-2H,7H2,(H,9,10). The third-order valence-corrected chi connectivity index (χ3v) is 4.06. The molecular formula is C11H12Br2N4O4. The van der Waals surface area contributed by atoms with E-state index in [1.807, 2.05) is 0 Å². The number of nitrogen functional groups attached to an aromatic ring is 2. The molecule has 0 fully saturated rings. The minimum Gasteiger partial charge on any atom is -0.476 e. The maximum absolute atomic E-state index is 10.5. The van der Waals surface area contributed by atoms with Gasteiger partial charge in [-0.3, -0.25) is 9.35 Å². The van der Waals surface area contributed by atoms with E-state index >= 15 is 0 Å². The van der Waals surface area contributed by atoms with Crippen LogP contribution in [0.2, 0.25) is 0 Å². The second kappa shape index (κ2) is 6.68. The molecule has 0 amide bonds. The van der Waals surface area contributed by atoms with E-state index in [0.717, 1.165) is 14.9 Å². The predicted molar refractivity (Wildman–Crippen MR) is 83.2 cm³/mol. The minimum atomic E-state index is -1.04. The van der Waals surface area contributed by atoms with Gasteiger partial charge in [-0.15, -0.1) is 0 Å². The molecule has 0 radical (unpaired) electrons. The highest BCUT2D eigenvalue weighted by Gasteiger charge is 2.15. The fourth-order valence-corrected chi connectivity index (χ4v) is 2.44. The summed E-state index contributed by atoms with van der Waals surface area (Å²) >= 11 is 6.16. The normalized spacial score (nSPS) is 9.86. The van der Waals surface area contributed by atoms with Crippen molar-refractivity contribution in [3.8, 4) is 0 Å². The van der Waals surface area contributed by atoms with Crippen LogP contribution >= 0.6 is 31.9 Å². The second-order valence-electron chi connectivity index (χ2n) is 3.91. The topological polar surface area (TPSA) is 136 Å². The number of nitrogens with two attached hydrogens (primary N) is 2. The maximum Gasteiger partial charge on any atom is 0.355 e. The molecule has 0 saturated heterocycles. The van der Waals surface area contributed by atoms with Crippen molar-refractivity contribution in [2.45, 2.75) is 6.92 Å². The first-order valence-corrected chi connectivity index (χ1v) is 6.96. The molecule has 0 aliphatic heterocycles. The summed E-state index contributed by atoms with van der Waals surface area (Å²) < 4.78 is 3.16. The van der Waals surface area contributed by atoms with Crippen molar-refractivity contribution in [3.63, 3.8) is 0 Å². The molecule has 0 aromatic carbocycles. The molecule has 2 aromatic heterocycles. The summed E-state index contributed by atoms with van der Waals surface area (Å²) in [5.41, 5.74) is 0.937. The quantitative estimate of drug-likeness (QED) is 0.542. The number of hydrogen-bond donors (Lipinski definition) is 4. The van der Waals surface area contributed by atoms with Gasteiger partial charge in [0.05, 0.1) is 8.95 Å². The van der Waals surface area contributed by atoms with Crippen LogP contribution in [-0.4, -0.2) is 31.5 Å². The van der Waals surface area contributed by atoms with E-state index < -0.39 is 11.9 Å². The van der Waals surface area contributed by atoms with Crippen LogP contribution in [0.15, 0.2) is 27.4 Å². The second-order valence-corrected chi connectivity index (χ2v) is 5.56. The largest absolute Gasteiger partial charge is 0.476 e. The van der Waals surface area contributed by atoms with Gasteiger partial charge in [-0.25, -0.2) is 9.59 Å². The summed E-state index contributed by atoms with van der Waals surface area (Å²) in [5.74, 6) is 8.52. The first kappa shape index (κ1) is 17.1. The number of hydrogen-bond acceptors (Lipinski definition) is 4. The van der Waals surface area contributed by atoms with Crippen LogP contribution in [0.3, 0.4) is 0 Å². The lowest BCUT2D eigenvalue weighted by Crippen LogP contribution is -2.14. The molecule has 0 aliphatic rings. The molecule has 0 aliphatic carbocycles. The molecule has 10 heteroatoms. The van der Waals surface area contributed by atoms with Gasteiger partial charge in [-0.2, -0.15) is 0 Å². The van der Waals surface area contributed by atoms with Gasteiger partial charge in [0.1, 0.15) is 0 Å². The predicted octanol–water partition coefficient (Wildman–Crippen LogP) is 1.63. The molecule has 2 aromatic rings. The molecule has 2 rings (SSSR count). The molecule has 0 unspecified atom stereocenters. The number of carbonyl (C=O) groups is 2. The van der Waals surface area contributed by atoms with Crippen molar-refractivity contribution in [1.82, 2.24) is 9.35 Å². The lowest BCUT2D eigenvalue weighted by atomic mass is 10.3. The van der Waals surface area contributed by atoms with Crippen LogP contribution in [-0.2, 0) is 0 Å². The summed E-state index contributed by atoms with van der Waals surface area (Å²) in [4.78, 5) is 20.9. The minimum absolute atomic E-state index is 0.0556. The highest BCUT2D eigenvalue weighted by Crippen LogP contribution is 2.21. The molecule has 6 N–H and O–H groups in total. The fourth-order valence-electron chi connectivity index (χ4n) is 1.47. The van der Waals surface area contributed by atoms with E-state index in [4.69, 9.17) is 21.9 Å². The Morgan fingerprint density at radius 1 is 1.10 bits per heavy atom. The molecule has 0 spiro atoms. The van der Waals surface area contributed by atoms with Gasteiger partial charge in [0.25, 0.3) is 0 Å². The Morgan fingerprint density at radius 2 is 1.62 bits per heavy atom. The SMILES string of the molecule is Cc1cn(N)c(C(=O)O)c1Br.Nn1ccc(Br)c1C(=O)O. The van der Waals surface area contributed by atoms with E-state index in [9.17, 15) is 9.59 Å². The van der Waals surface area contributed by atoms with Crippen LogP contribution < -0.4 is 11.7 Å². The third-order valence-electron chi connectivity index (χ3n) is 2.42. The Bertz CT molecular complexity index is 673. The zero-order valence-electron chi connectivity index (χ0n) is 10.7. The molecule has 0 bridgehead atoms. The van der Waals surface area contributed by atoms with Gasteiger partial charge >= 0.3 is 11.9 Å². The summed E-state index contributed by atoms with van der Waals surface area (Å²) in [7, 11) is 0. The Hall–Kier alpha value is -1.94. The van der Waals surface area contributed by atoms with Crippen molar-refractivity contribution >= 4 is 43.8 Å². The maximum atomic E-state index is 10.5. The Balaban J connectivity index is 0.000000211. The van der Waals surface area contributed by atoms with Crippen LogP contribution in [0.5, 0.6) is 0 Å². The first-order valence-electron chi connectivity index (χ1n) is 5.37. The van der Waals surface area contributed by atoms with Gasteiger partial charge in [0.2, 0.25) is 0 Å². The lowest BCUT2D eigenvalue weighted by molar-refractivity contribution is 0.0675. The van der Waals surface area contributed by atoms with Crippen LogP contribution in [0.25, 0.3) is 0 Å². The number of aromatic nitrogens is 2. The molecule has 2 heterocycles. The summed E-state index contributed by atoms with van der Waals surface area (Å²) in [6, 6.07) is 1.57. The van der Waals surface area contributed by atoms with Crippen LogP contribution in [0.1, 0.15) is 26.5 Å². The average molecular weight is 424 g/mol. The van der Waals surface area contributed by atoms with Crippen molar-refractivity contribution in [3.05, 3.63) is 44.4 Å². The number of rotatable bonds is 2. The first-order chi connectivity index (χ1) is 9.66. The molecule has 114 valence electrons. The van der Waals surface area contributed by atoms with E-state index in [1.165, 1.54) is 6.20 Å². The van der Waals surface area contributed by atoms with Gasteiger partial charge in [0.15, 0.2) is 11.4 Å². The number of halogens is 2. The smallest absolute Gasteiger partial charge is 0.355 e. The van der Waals surface area contributed by atoms with Crippen molar-refractivity contribution < 1.29 is 19.8 Å². The van der Waals surface area contributed by atoms with E-state index in [0.29, 0.717) is 8.95 Å². The zero-order chi connectivity index (χ0) is 16.3. The lowest BCUT2D eigenvalue weighted by Gasteiger charge is -1.95. The fraction of sp³-hybridized carbons (Fsp3) is 0.0909. The van der Waals surface area contributed by atoms with Gasteiger partial charge < -0.3 is 21.9 Å². The van der Waals surface area contributed by atoms with Crippen molar-refractivity contribution in [1.29, 1.82) is 0 Å². The van der Waals surface area contributed by atoms with Crippen molar-refractivity contribution in [2.75, 3.05) is 11.7 Å². The zero-order valence-corrected chi connectivity index (χ0v) is 13.9. The molecule has 0 atom stereocenters. The number of aromatic carboxylic acids is 2. The molecule has 21 heavy (non-hydrogen) atoms. The monoisotopic (exact) mass is 422 g/mol. The third kappa shape index (κ3) is 3.79. The number of aryl methyl sites for hydroxylation is 1. The Morgan fingerprint density at radius 3 is 1.81 bits per heavy atom. The summed E-state index contributed by atoms with van der Waals surface area (Å²) in [6.45, 7) is 1.78. The van der Waals surface area contributed by atoms with E-state index in [-0.39, 0.29) is 11.4 Å². The van der Waals surface area contributed by atoms with Crippen molar-refractivity contribution in [2.24, 2.45) is 0 Å². The summed E-state index contributed by atoms with van der Waals surface area (Å²) in [6.07, 6.45) is 3.01. The van der Waals surface area contributed by atoms with Crippen LogP contribution in [0.4, 0.5) is 0 Å². The number of carboxylic acids is 2. The summed E-state index contributed by atoms with van der Waals surface area (Å²) in [5, 5.41) is 17.1. The Labute approximate surface area is 136 Å². The highest BCUT2D eigenvalue weighted by atomic mass is 79.9. The number of carboxylic acid groups (broad SMARTS) is 2. The average Bonchev–Trinajstić information content (AvgIpc) is 2.80. The number of nitrogens with zero attached hydrogens (tertiary/aromatic N) is 2. The van der Waals surface area contributed by atoms with Gasteiger partial charge in [0, 0.05) is 12.4 Å². The van der Waals surface area contributed by atoms with Gasteiger partial charge in [-0.05, 0) is 50.4 Å². The van der Waals surface area contributed by atoms with E-state index in [1.54, 1.807) is 19.2 Å².